The van der Waals surface area contributed by atoms with Gasteiger partial charge in [-0.2, -0.15) is 5.26 Å². The minimum atomic E-state index is 0.308. The summed E-state index contributed by atoms with van der Waals surface area (Å²) in [4.78, 5) is 6.87. The first-order valence-electron chi connectivity index (χ1n) is 7.36. The van der Waals surface area contributed by atoms with Crippen molar-refractivity contribution in [2.75, 3.05) is 7.11 Å². The Hall–Kier alpha value is -2.62. The molecule has 3 aromatic heterocycles. The van der Waals surface area contributed by atoms with Gasteiger partial charge in [-0.3, -0.25) is 4.40 Å². The van der Waals surface area contributed by atoms with Gasteiger partial charge in [0.15, 0.2) is 4.96 Å². The maximum atomic E-state index is 9.32. The molecule has 24 heavy (non-hydrogen) atoms. The first-order valence-corrected chi connectivity index (χ1v) is 9.12. The highest BCUT2D eigenvalue weighted by atomic mass is 32.1. The Morgan fingerprint density at radius 3 is 2.92 bits per heavy atom. The highest BCUT2D eigenvalue weighted by Crippen LogP contribution is 2.35. The number of rotatable bonds is 4. The number of hydrogen-bond acceptors (Lipinski definition) is 5. The van der Waals surface area contributed by atoms with Crippen LogP contribution < -0.4 is 4.74 Å². The third-order valence-electron chi connectivity index (χ3n) is 3.82. The summed E-state index contributed by atoms with van der Waals surface area (Å²) in [6, 6.07) is 14.2. The smallest absolute Gasteiger partial charge is 0.195 e. The van der Waals surface area contributed by atoms with Crippen LogP contribution in [0, 0.1) is 11.3 Å². The number of hydrogen-bond donors (Lipinski definition) is 0. The number of methoxy groups -OCH3 is 1. The van der Waals surface area contributed by atoms with Crippen molar-refractivity contribution in [3.8, 4) is 33.6 Å². The molecular weight excluding hydrogens is 338 g/mol. The second-order valence-corrected chi connectivity index (χ2v) is 6.97. The van der Waals surface area contributed by atoms with Crippen molar-refractivity contribution >= 4 is 27.6 Å². The molecule has 3 heterocycles. The van der Waals surface area contributed by atoms with Gasteiger partial charge in [-0.15, -0.1) is 22.7 Å². The van der Waals surface area contributed by atoms with E-state index in [-0.39, 0.29) is 0 Å². The second kappa shape index (κ2) is 6.11. The average Bonchev–Trinajstić information content (AvgIpc) is 3.32. The molecule has 0 aliphatic rings. The average molecular weight is 351 g/mol. The minimum Gasteiger partial charge on any atom is -0.497 e. The summed E-state index contributed by atoms with van der Waals surface area (Å²) in [6.07, 6.45) is 0.308. The Morgan fingerprint density at radius 1 is 1.25 bits per heavy atom. The molecule has 0 aliphatic heterocycles. The fraction of sp³-hybridized carbons (Fsp3) is 0.111. The molecule has 1 aromatic carbocycles. The van der Waals surface area contributed by atoms with E-state index in [4.69, 9.17) is 9.72 Å². The largest absolute Gasteiger partial charge is 0.497 e. The molecule has 6 heteroatoms. The lowest BCUT2D eigenvalue weighted by atomic mass is 10.1. The van der Waals surface area contributed by atoms with E-state index in [1.165, 1.54) is 4.88 Å². The van der Waals surface area contributed by atoms with Crippen LogP contribution in [-0.2, 0) is 6.42 Å². The Kier molecular flexibility index (Phi) is 3.81. The molecule has 0 aliphatic carbocycles. The molecule has 0 N–H and O–H groups in total. The van der Waals surface area contributed by atoms with Crippen LogP contribution in [0.1, 0.15) is 5.69 Å². The van der Waals surface area contributed by atoms with Crippen LogP contribution in [0.15, 0.2) is 47.2 Å². The molecule has 0 saturated heterocycles. The summed E-state index contributed by atoms with van der Waals surface area (Å²) in [5.74, 6) is 0.783. The van der Waals surface area contributed by atoms with E-state index in [1.54, 1.807) is 29.8 Å². The van der Waals surface area contributed by atoms with E-state index < -0.39 is 0 Å². The maximum absolute atomic E-state index is 9.32. The van der Waals surface area contributed by atoms with Gasteiger partial charge < -0.3 is 4.74 Å². The zero-order valence-corrected chi connectivity index (χ0v) is 14.5. The van der Waals surface area contributed by atoms with Crippen molar-refractivity contribution in [2.45, 2.75) is 6.42 Å². The lowest BCUT2D eigenvalue weighted by molar-refractivity contribution is 0.415. The van der Waals surface area contributed by atoms with E-state index >= 15 is 0 Å². The van der Waals surface area contributed by atoms with E-state index in [0.717, 1.165) is 33.4 Å². The van der Waals surface area contributed by atoms with Crippen molar-refractivity contribution in [2.24, 2.45) is 0 Å². The molecule has 0 amide bonds. The second-order valence-electron chi connectivity index (χ2n) is 5.19. The number of ether oxygens (including phenoxy) is 1. The number of nitriles is 1. The molecule has 0 unspecified atom stereocenters. The van der Waals surface area contributed by atoms with Crippen molar-refractivity contribution < 1.29 is 4.74 Å². The first kappa shape index (κ1) is 14.9. The van der Waals surface area contributed by atoms with Crippen LogP contribution >= 0.6 is 22.7 Å². The van der Waals surface area contributed by atoms with Crippen molar-refractivity contribution in [1.29, 1.82) is 5.26 Å². The lowest BCUT2D eigenvalue weighted by Gasteiger charge is -2.05. The van der Waals surface area contributed by atoms with Crippen molar-refractivity contribution in [1.82, 2.24) is 9.38 Å². The topological polar surface area (TPSA) is 50.3 Å². The molecule has 4 rings (SSSR count). The lowest BCUT2D eigenvalue weighted by Crippen LogP contribution is -1.94. The van der Waals surface area contributed by atoms with Crippen LogP contribution in [0.25, 0.3) is 26.8 Å². The summed E-state index contributed by atoms with van der Waals surface area (Å²) in [5.41, 5.74) is 3.83. The third kappa shape index (κ3) is 2.39. The number of benzene rings is 1. The van der Waals surface area contributed by atoms with Crippen molar-refractivity contribution in [3.63, 3.8) is 0 Å². The molecule has 0 bridgehead atoms. The van der Waals surface area contributed by atoms with Crippen LogP contribution in [-0.4, -0.2) is 16.5 Å². The molecular formula is C18H13N3OS2. The van der Waals surface area contributed by atoms with Crippen LogP contribution in [0.5, 0.6) is 5.75 Å². The number of thiazole rings is 1. The van der Waals surface area contributed by atoms with E-state index in [0.29, 0.717) is 6.42 Å². The van der Waals surface area contributed by atoms with Gasteiger partial charge in [-0.05, 0) is 23.6 Å². The molecule has 0 fully saturated rings. The van der Waals surface area contributed by atoms with Gasteiger partial charge in [0.1, 0.15) is 5.75 Å². The number of nitrogens with zero attached hydrogens (tertiary/aromatic N) is 3. The fourth-order valence-electron chi connectivity index (χ4n) is 2.75. The molecule has 0 spiro atoms. The van der Waals surface area contributed by atoms with E-state index in [9.17, 15) is 5.26 Å². The minimum absolute atomic E-state index is 0.308. The van der Waals surface area contributed by atoms with Gasteiger partial charge in [0, 0.05) is 10.9 Å². The summed E-state index contributed by atoms with van der Waals surface area (Å²) >= 11 is 3.28. The highest BCUT2D eigenvalue weighted by molar-refractivity contribution is 7.17. The third-order valence-corrected chi connectivity index (χ3v) is 5.54. The normalized spacial score (nSPS) is 10.8. The van der Waals surface area contributed by atoms with Gasteiger partial charge in [-0.25, -0.2) is 4.98 Å². The molecule has 0 atom stereocenters. The van der Waals surface area contributed by atoms with E-state index in [1.807, 2.05) is 30.3 Å². The quantitative estimate of drug-likeness (QED) is 0.527. The summed E-state index contributed by atoms with van der Waals surface area (Å²) in [7, 11) is 1.65. The zero-order valence-electron chi connectivity index (χ0n) is 12.9. The molecule has 0 saturated carbocycles. The summed E-state index contributed by atoms with van der Waals surface area (Å²) in [6.45, 7) is 0. The van der Waals surface area contributed by atoms with Crippen LogP contribution in [0.2, 0.25) is 0 Å². The molecule has 4 aromatic rings. The Balaban J connectivity index is 1.96. The number of thiophene rings is 1. The van der Waals surface area contributed by atoms with Gasteiger partial charge in [-0.1, -0.05) is 18.2 Å². The standard InChI is InChI=1S/C18H13N3OS2/c1-22-13-5-2-4-12(10-13)17-14(7-8-19)21-15(11-24-18(21)20-17)16-6-3-9-23-16/h2-6,9-11H,7H2,1H3. The molecule has 118 valence electrons. The Labute approximate surface area is 147 Å². The number of aromatic nitrogens is 2. The summed E-state index contributed by atoms with van der Waals surface area (Å²) < 4.78 is 7.42. The Morgan fingerprint density at radius 2 is 2.17 bits per heavy atom. The Bertz CT molecular complexity index is 1040. The highest BCUT2D eigenvalue weighted by Gasteiger charge is 2.19. The zero-order chi connectivity index (χ0) is 16.5. The monoisotopic (exact) mass is 351 g/mol. The molecule has 0 radical (unpaired) electrons. The van der Waals surface area contributed by atoms with Crippen LogP contribution in [0.3, 0.4) is 0 Å². The van der Waals surface area contributed by atoms with Gasteiger partial charge >= 0.3 is 0 Å². The van der Waals surface area contributed by atoms with Gasteiger partial charge in [0.25, 0.3) is 0 Å². The number of imidazole rings is 1. The SMILES string of the molecule is COc1cccc(-c2nc3scc(-c4cccs4)n3c2CC#N)c1. The first-order chi connectivity index (χ1) is 11.8. The predicted molar refractivity (Wildman–Crippen MR) is 97.7 cm³/mol. The fourth-order valence-corrected chi connectivity index (χ4v) is 4.47. The summed E-state index contributed by atoms with van der Waals surface area (Å²) in [5, 5.41) is 13.5. The maximum Gasteiger partial charge on any atom is 0.195 e. The number of fused-ring (bicyclic) bond motifs is 1. The molecule has 4 nitrogen and oxygen atoms in total. The predicted octanol–water partition coefficient (Wildman–Crippen LogP) is 4.87. The van der Waals surface area contributed by atoms with Gasteiger partial charge in [0.2, 0.25) is 0 Å². The van der Waals surface area contributed by atoms with Gasteiger partial charge in [0.05, 0.1) is 41.6 Å². The van der Waals surface area contributed by atoms with Crippen molar-refractivity contribution in [3.05, 3.63) is 52.9 Å². The van der Waals surface area contributed by atoms with Crippen LogP contribution in [0.4, 0.5) is 0 Å². The van der Waals surface area contributed by atoms with E-state index in [2.05, 4.69) is 27.3 Å².